The average molecular weight is 316 g/mol. The van der Waals surface area contributed by atoms with Crippen molar-refractivity contribution >= 4 is 17.5 Å². The fourth-order valence-electron chi connectivity index (χ4n) is 2.12. The van der Waals surface area contributed by atoms with E-state index in [0.717, 1.165) is 5.76 Å². The van der Waals surface area contributed by atoms with Gasteiger partial charge in [-0.2, -0.15) is 0 Å². The predicted octanol–water partition coefficient (Wildman–Crippen LogP) is 1.24. The third-order valence-electron chi connectivity index (χ3n) is 3.47. The van der Waals surface area contributed by atoms with Gasteiger partial charge in [-0.25, -0.2) is 0 Å². The first-order valence-corrected chi connectivity index (χ1v) is 7.45. The Morgan fingerprint density at radius 2 is 1.91 bits per heavy atom. The molecule has 0 saturated carbocycles. The molecule has 0 aliphatic carbocycles. The third kappa shape index (κ3) is 4.69. The smallest absolute Gasteiger partial charge is 0.279 e. The minimum absolute atomic E-state index is 0.0662. The summed E-state index contributed by atoms with van der Waals surface area (Å²) >= 11 is 0. The maximum atomic E-state index is 12.0. The van der Waals surface area contributed by atoms with Crippen molar-refractivity contribution in [1.82, 2.24) is 4.90 Å². The van der Waals surface area contributed by atoms with E-state index in [1.807, 2.05) is 24.4 Å². The van der Waals surface area contributed by atoms with Gasteiger partial charge in [0, 0.05) is 25.3 Å². The van der Waals surface area contributed by atoms with E-state index >= 15 is 0 Å². The predicted molar refractivity (Wildman–Crippen MR) is 87.0 cm³/mol. The molecule has 2 amide bonds. The number of hydrogen-bond donors (Lipinski definition) is 2. The molecule has 0 unspecified atom stereocenters. The number of carbonyl (C=O) groups is 2. The fraction of sp³-hybridized carbons (Fsp3) is 0.294. The van der Waals surface area contributed by atoms with E-state index in [4.69, 9.17) is 4.42 Å². The summed E-state index contributed by atoms with van der Waals surface area (Å²) in [6.07, 6.45) is 1.62. The Morgan fingerprint density at radius 3 is 2.48 bits per heavy atom. The fourth-order valence-corrected chi connectivity index (χ4v) is 2.12. The molecule has 6 nitrogen and oxygen atoms in total. The summed E-state index contributed by atoms with van der Waals surface area (Å²) in [4.78, 5) is 25.3. The Kier molecular flexibility index (Phi) is 5.54. The standard InChI is InChI=1S/C17H21N3O3/c1-12(15-5-4-10-23-15)18-11-16(21)19-14-8-6-13(7-9-14)17(22)20(2)3/h4-10,12,18H,11H2,1-3H3,(H,19,21)/p+1/t12-/m0/s1. The second-order valence-electron chi connectivity index (χ2n) is 5.57. The summed E-state index contributed by atoms with van der Waals surface area (Å²) in [5.41, 5.74) is 1.26. The summed E-state index contributed by atoms with van der Waals surface area (Å²) in [7, 11) is 3.40. The summed E-state index contributed by atoms with van der Waals surface area (Å²) < 4.78 is 5.30. The van der Waals surface area contributed by atoms with Gasteiger partial charge in [-0.05, 0) is 43.3 Å². The van der Waals surface area contributed by atoms with Gasteiger partial charge in [0.15, 0.2) is 12.3 Å². The average Bonchev–Trinajstić information content (AvgIpc) is 3.07. The van der Waals surface area contributed by atoms with Crippen LogP contribution >= 0.6 is 0 Å². The Hall–Kier alpha value is -2.60. The van der Waals surface area contributed by atoms with Gasteiger partial charge >= 0.3 is 0 Å². The zero-order valence-electron chi connectivity index (χ0n) is 13.6. The van der Waals surface area contributed by atoms with Crippen molar-refractivity contribution in [3.05, 3.63) is 54.0 Å². The first-order valence-electron chi connectivity index (χ1n) is 7.45. The van der Waals surface area contributed by atoms with Crippen LogP contribution in [0.4, 0.5) is 5.69 Å². The van der Waals surface area contributed by atoms with E-state index < -0.39 is 0 Å². The number of anilines is 1. The Balaban J connectivity index is 1.84. The second kappa shape index (κ2) is 7.60. The number of amides is 2. The lowest BCUT2D eigenvalue weighted by Gasteiger charge is -2.11. The number of rotatable bonds is 6. The van der Waals surface area contributed by atoms with Crippen LogP contribution in [0, 0.1) is 0 Å². The van der Waals surface area contributed by atoms with Crippen LogP contribution in [-0.4, -0.2) is 37.4 Å². The van der Waals surface area contributed by atoms with Crippen molar-refractivity contribution in [2.24, 2.45) is 0 Å². The Labute approximate surface area is 135 Å². The van der Waals surface area contributed by atoms with E-state index in [2.05, 4.69) is 5.32 Å². The van der Waals surface area contributed by atoms with E-state index in [0.29, 0.717) is 17.8 Å². The van der Waals surface area contributed by atoms with Crippen molar-refractivity contribution in [2.45, 2.75) is 13.0 Å². The van der Waals surface area contributed by atoms with Crippen molar-refractivity contribution in [1.29, 1.82) is 0 Å². The molecule has 6 heteroatoms. The third-order valence-corrected chi connectivity index (χ3v) is 3.47. The van der Waals surface area contributed by atoms with Crippen LogP contribution in [0.1, 0.15) is 29.1 Å². The lowest BCUT2D eigenvalue weighted by molar-refractivity contribution is -0.684. The molecule has 23 heavy (non-hydrogen) atoms. The number of nitrogens with zero attached hydrogens (tertiary/aromatic N) is 1. The first kappa shape index (κ1) is 16.8. The van der Waals surface area contributed by atoms with E-state index in [1.54, 1.807) is 44.6 Å². The van der Waals surface area contributed by atoms with Crippen LogP contribution in [0.3, 0.4) is 0 Å². The van der Waals surface area contributed by atoms with Gasteiger partial charge in [0.05, 0.1) is 6.26 Å². The molecule has 122 valence electrons. The second-order valence-corrected chi connectivity index (χ2v) is 5.57. The number of nitrogens with one attached hydrogen (secondary N) is 1. The maximum Gasteiger partial charge on any atom is 0.279 e. The van der Waals surface area contributed by atoms with Crippen molar-refractivity contribution in [3.8, 4) is 0 Å². The highest BCUT2D eigenvalue weighted by molar-refractivity contribution is 5.95. The molecule has 1 aromatic carbocycles. The Bertz CT molecular complexity index is 648. The van der Waals surface area contributed by atoms with Crippen LogP contribution in [0.5, 0.6) is 0 Å². The number of quaternary nitrogens is 1. The topological polar surface area (TPSA) is 79.2 Å². The number of hydrogen-bond acceptors (Lipinski definition) is 3. The maximum absolute atomic E-state index is 12.0. The van der Waals surface area contributed by atoms with E-state index in [9.17, 15) is 9.59 Å². The highest BCUT2D eigenvalue weighted by Crippen LogP contribution is 2.11. The normalized spacial score (nSPS) is 11.8. The molecule has 2 aromatic rings. The molecule has 0 radical (unpaired) electrons. The zero-order valence-corrected chi connectivity index (χ0v) is 13.6. The van der Waals surface area contributed by atoms with E-state index in [1.165, 1.54) is 4.90 Å². The van der Waals surface area contributed by atoms with Crippen molar-refractivity contribution < 1.29 is 19.3 Å². The molecular formula is C17H22N3O3+. The summed E-state index contributed by atoms with van der Waals surface area (Å²) in [5, 5.41) is 4.71. The van der Waals surface area contributed by atoms with Gasteiger partial charge in [-0.15, -0.1) is 0 Å². The van der Waals surface area contributed by atoms with Crippen molar-refractivity contribution in [2.75, 3.05) is 26.0 Å². The van der Waals surface area contributed by atoms with Crippen molar-refractivity contribution in [3.63, 3.8) is 0 Å². The molecule has 0 aliphatic rings. The SMILES string of the molecule is C[C@H]([NH2+]CC(=O)Nc1ccc(C(=O)N(C)C)cc1)c1ccco1. The summed E-state index contributed by atoms with van der Waals surface area (Å²) in [6, 6.07) is 10.7. The minimum Gasteiger partial charge on any atom is -0.463 e. The molecule has 1 heterocycles. The first-order chi connectivity index (χ1) is 11.0. The summed E-state index contributed by atoms with van der Waals surface area (Å²) in [5.74, 6) is 0.669. The molecule has 0 fully saturated rings. The number of nitrogens with two attached hydrogens (primary N) is 1. The van der Waals surface area contributed by atoms with Crippen LogP contribution in [0.25, 0.3) is 0 Å². The highest BCUT2D eigenvalue weighted by atomic mass is 16.3. The molecule has 0 aliphatic heterocycles. The monoisotopic (exact) mass is 316 g/mol. The van der Waals surface area contributed by atoms with Gasteiger partial charge in [-0.3, -0.25) is 9.59 Å². The molecule has 0 bridgehead atoms. The Morgan fingerprint density at radius 1 is 1.22 bits per heavy atom. The van der Waals surface area contributed by atoms with Gasteiger partial charge < -0.3 is 20.0 Å². The van der Waals surface area contributed by atoms with Gasteiger partial charge in [0.1, 0.15) is 6.04 Å². The zero-order chi connectivity index (χ0) is 16.8. The molecule has 3 N–H and O–H groups in total. The lowest BCUT2D eigenvalue weighted by Crippen LogP contribution is -2.86. The largest absolute Gasteiger partial charge is 0.463 e. The van der Waals surface area contributed by atoms with Crippen LogP contribution in [0.15, 0.2) is 47.1 Å². The minimum atomic E-state index is -0.102. The van der Waals surface area contributed by atoms with E-state index in [-0.39, 0.29) is 17.9 Å². The van der Waals surface area contributed by atoms with Gasteiger partial charge in [0.25, 0.3) is 11.8 Å². The highest BCUT2D eigenvalue weighted by Gasteiger charge is 2.14. The number of furan rings is 1. The summed E-state index contributed by atoms with van der Waals surface area (Å²) in [6.45, 7) is 2.27. The number of carbonyl (C=O) groups excluding carboxylic acids is 2. The molecule has 0 saturated heterocycles. The van der Waals surface area contributed by atoms with Crippen LogP contribution in [-0.2, 0) is 4.79 Å². The quantitative estimate of drug-likeness (QED) is 0.841. The van der Waals surface area contributed by atoms with Crippen LogP contribution in [0.2, 0.25) is 0 Å². The molecule has 0 spiro atoms. The van der Waals surface area contributed by atoms with Gasteiger partial charge in [-0.1, -0.05) is 0 Å². The molecule has 1 atom stereocenters. The van der Waals surface area contributed by atoms with Crippen LogP contribution < -0.4 is 10.6 Å². The molecule has 1 aromatic heterocycles. The van der Waals surface area contributed by atoms with Gasteiger partial charge in [0.2, 0.25) is 0 Å². The molecule has 2 rings (SSSR count). The molecular weight excluding hydrogens is 294 g/mol. The number of benzene rings is 1. The lowest BCUT2D eigenvalue weighted by atomic mass is 10.2.